The van der Waals surface area contributed by atoms with Crippen LogP contribution in [0.3, 0.4) is 0 Å². The first kappa shape index (κ1) is 15.4. The molecule has 0 bridgehead atoms. The molecule has 0 saturated heterocycles. The minimum absolute atomic E-state index is 0. The van der Waals surface area contributed by atoms with Gasteiger partial charge < -0.3 is 0 Å². The van der Waals surface area contributed by atoms with Crippen molar-refractivity contribution in [3.63, 3.8) is 0 Å². The van der Waals surface area contributed by atoms with E-state index in [4.69, 9.17) is 0 Å². The van der Waals surface area contributed by atoms with Crippen LogP contribution in [0.25, 0.3) is 0 Å². The first-order chi connectivity index (χ1) is 5.12. The molecule has 0 aromatic carbocycles. The molecule has 0 heterocycles. The molecule has 0 fully saturated rings. The van der Waals surface area contributed by atoms with Crippen molar-refractivity contribution in [3.8, 4) is 0 Å². The second-order valence-electron chi connectivity index (χ2n) is 2.49. The maximum atomic E-state index is 10.7. The Labute approximate surface area is 97.3 Å². The molecule has 0 saturated carbocycles. The van der Waals surface area contributed by atoms with Crippen molar-refractivity contribution in [3.05, 3.63) is 0 Å². The van der Waals surface area contributed by atoms with Crippen molar-refractivity contribution in [2.75, 3.05) is 12.9 Å². The Balaban J connectivity index is 0. The SMILES string of the molecule is CCCCCCS(=O)(=O)OC.[NaH]. The third-order valence-electron chi connectivity index (χ3n) is 1.50. The zero-order chi connectivity index (χ0) is 8.74. The Morgan fingerprint density at radius 1 is 1.17 bits per heavy atom. The van der Waals surface area contributed by atoms with Crippen LogP contribution in [0.15, 0.2) is 0 Å². The van der Waals surface area contributed by atoms with Gasteiger partial charge in [0.25, 0.3) is 10.1 Å². The molecule has 0 atom stereocenters. The monoisotopic (exact) mass is 204 g/mol. The summed E-state index contributed by atoms with van der Waals surface area (Å²) >= 11 is 0. The second-order valence-corrected chi connectivity index (χ2v) is 4.35. The van der Waals surface area contributed by atoms with Crippen LogP contribution in [-0.2, 0) is 14.3 Å². The molecule has 12 heavy (non-hydrogen) atoms. The first-order valence-electron chi connectivity index (χ1n) is 3.90. The van der Waals surface area contributed by atoms with Crippen molar-refractivity contribution in [1.29, 1.82) is 0 Å². The van der Waals surface area contributed by atoms with Crippen LogP contribution in [0.2, 0.25) is 0 Å². The van der Waals surface area contributed by atoms with Crippen LogP contribution in [0.5, 0.6) is 0 Å². The predicted octanol–water partition coefficient (Wildman–Crippen LogP) is 0.894. The van der Waals surface area contributed by atoms with Crippen molar-refractivity contribution >= 4 is 39.7 Å². The van der Waals surface area contributed by atoms with Crippen LogP contribution >= 0.6 is 0 Å². The Kier molecular flexibility index (Phi) is 10.9. The number of hydrogen-bond donors (Lipinski definition) is 0. The molecule has 0 aromatic rings. The van der Waals surface area contributed by atoms with E-state index in [-0.39, 0.29) is 35.3 Å². The molecule has 3 nitrogen and oxygen atoms in total. The molecular weight excluding hydrogens is 187 g/mol. The molecule has 0 aliphatic rings. The van der Waals surface area contributed by atoms with E-state index >= 15 is 0 Å². The van der Waals surface area contributed by atoms with E-state index < -0.39 is 10.1 Å². The molecule has 0 radical (unpaired) electrons. The van der Waals surface area contributed by atoms with Gasteiger partial charge in [-0.05, 0) is 6.42 Å². The Bertz CT molecular complexity index is 177. The van der Waals surface area contributed by atoms with Gasteiger partial charge in [-0.15, -0.1) is 0 Å². The summed E-state index contributed by atoms with van der Waals surface area (Å²) in [6, 6.07) is 0. The van der Waals surface area contributed by atoms with Crippen LogP contribution < -0.4 is 0 Å². The topological polar surface area (TPSA) is 43.4 Å². The molecule has 0 aliphatic heterocycles. The molecule has 0 aliphatic carbocycles. The molecule has 5 heteroatoms. The fraction of sp³-hybridized carbons (Fsp3) is 1.00. The van der Waals surface area contributed by atoms with Crippen LogP contribution in [0, 0.1) is 0 Å². The summed E-state index contributed by atoms with van der Waals surface area (Å²) in [6.07, 6.45) is 3.90. The van der Waals surface area contributed by atoms with Gasteiger partial charge in [0.05, 0.1) is 12.9 Å². The second kappa shape index (κ2) is 8.51. The van der Waals surface area contributed by atoms with Gasteiger partial charge in [0.15, 0.2) is 0 Å². The summed E-state index contributed by atoms with van der Waals surface area (Å²) in [5.41, 5.74) is 0. The van der Waals surface area contributed by atoms with E-state index in [2.05, 4.69) is 11.1 Å². The minimum atomic E-state index is -3.20. The van der Waals surface area contributed by atoms with Gasteiger partial charge in [0.2, 0.25) is 0 Å². The van der Waals surface area contributed by atoms with Crippen molar-refractivity contribution < 1.29 is 12.6 Å². The fourth-order valence-corrected chi connectivity index (χ4v) is 1.51. The zero-order valence-electron chi connectivity index (χ0n) is 7.17. The maximum absolute atomic E-state index is 10.7. The third kappa shape index (κ3) is 9.00. The molecular formula is C7H17NaO3S. The average molecular weight is 204 g/mol. The average Bonchev–Trinajstić information content (AvgIpc) is 1.99. The van der Waals surface area contributed by atoms with E-state index in [1.165, 1.54) is 7.11 Å². The van der Waals surface area contributed by atoms with E-state index in [1.54, 1.807) is 0 Å². The Hall–Kier alpha value is 0.910. The summed E-state index contributed by atoms with van der Waals surface area (Å²) < 4.78 is 25.8. The van der Waals surface area contributed by atoms with Gasteiger partial charge in [-0.2, -0.15) is 8.42 Å². The summed E-state index contributed by atoms with van der Waals surface area (Å²) in [5, 5.41) is 0. The first-order valence-corrected chi connectivity index (χ1v) is 5.48. The van der Waals surface area contributed by atoms with Crippen molar-refractivity contribution in [1.82, 2.24) is 0 Å². The van der Waals surface area contributed by atoms with E-state index in [9.17, 15) is 8.42 Å². The summed E-state index contributed by atoms with van der Waals surface area (Å²) in [7, 11) is -2.00. The standard InChI is InChI=1S/C7H16O3S.Na.H/c1-3-4-5-6-7-11(8,9)10-2;;/h3-7H2,1-2H3;;. The Morgan fingerprint density at radius 3 is 2.17 bits per heavy atom. The van der Waals surface area contributed by atoms with Crippen LogP contribution in [-0.4, -0.2) is 50.8 Å². The summed E-state index contributed by atoms with van der Waals surface area (Å²) in [4.78, 5) is 0. The third-order valence-corrected chi connectivity index (χ3v) is 2.80. The zero-order valence-corrected chi connectivity index (χ0v) is 7.99. The van der Waals surface area contributed by atoms with Gasteiger partial charge in [-0.1, -0.05) is 26.2 Å². The molecule has 0 N–H and O–H groups in total. The molecule has 0 rings (SSSR count). The van der Waals surface area contributed by atoms with E-state index in [0.717, 1.165) is 19.3 Å². The van der Waals surface area contributed by atoms with Crippen LogP contribution in [0.1, 0.15) is 32.6 Å². The Morgan fingerprint density at radius 2 is 1.75 bits per heavy atom. The predicted molar refractivity (Wildman–Crippen MR) is 52.1 cm³/mol. The fourth-order valence-electron chi connectivity index (χ4n) is 0.789. The van der Waals surface area contributed by atoms with Gasteiger partial charge in [0, 0.05) is 0 Å². The van der Waals surface area contributed by atoms with Crippen molar-refractivity contribution in [2.24, 2.45) is 0 Å². The van der Waals surface area contributed by atoms with Gasteiger partial charge >= 0.3 is 29.6 Å². The van der Waals surface area contributed by atoms with Gasteiger partial charge in [-0.25, -0.2) is 0 Å². The normalized spacial score (nSPS) is 10.8. The van der Waals surface area contributed by atoms with Gasteiger partial charge in [-0.3, -0.25) is 4.18 Å². The summed E-state index contributed by atoms with van der Waals surface area (Å²) in [6.45, 7) is 2.09. The molecule has 0 amide bonds. The number of unbranched alkanes of at least 4 members (excludes halogenated alkanes) is 3. The quantitative estimate of drug-likeness (QED) is 0.367. The number of hydrogen-bond acceptors (Lipinski definition) is 3. The number of rotatable bonds is 6. The van der Waals surface area contributed by atoms with Crippen LogP contribution in [0.4, 0.5) is 0 Å². The molecule has 0 aromatic heterocycles. The van der Waals surface area contributed by atoms with Crippen molar-refractivity contribution in [2.45, 2.75) is 32.6 Å². The summed E-state index contributed by atoms with van der Waals surface area (Å²) in [5.74, 6) is 0.156. The van der Waals surface area contributed by atoms with E-state index in [1.807, 2.05) is 0 Å². The van der Waals surface area contributed by atoms with E-state index in [0.29, 0.717) is 6.42 Å². The molecule has 0 unspecified atom stereocenters. The van der Waals surface area contributed by atoms with Gasteiger partial charge in [0.1, 0.15) is 0 Å². The molecule has 70 valence electrons. The molecule has 0 spiro atoms.